The highest BCUT2D eigenvalue weighted by Gasteiger charge is 2.22. The largest absolute Gasteiger partial charge is 0.309 e. The van der Waals surface area contributed by atoms with Crippen molar-refractivity contribution in [3.63, 3.8) is 0 Å². The Morgan fingerprint density at radius 1 is 1.07 bits per heavy atom. The first-order valence-corrected chi connectivity index (χ1v) is 9.40. The number of nitrogens with one attached hydrogen (secondary N) is 1. The van der Waals surface area contributed by atoms with E-state index in [1.165, 1.54) is 12.0 Å². The van der Waals surface area contributed by atoms with Crippen molar-refractivity contribution in [3.05, 3.63) is 71.9 Å². The lowest BCUT2D eigenvalue weighted by molar-refractivity contribution is 0.198. The maximum atomic E-state index is 4.76. The van der Waals surface area contributed by atoms with Gasteiger partial charge < -0.3 is 5.32 Å². The van der Waals surface area contributed by atoms with E-state index in [-0.39, 0.29) is 0 Å². The number of aryl methyl sites for hydroxylation is 1. The van der Waals surface area contributed by atoms with Gasteiger partial charge in [-0.2, -0.15) is 0 Å². The lowest BCUT2D eigenvalue weighted by atomic mass is 9.94. The summed E-state index contributed by atoms with van der Waals surface area (Å²) in [5.74, 6) is 1.80. The minimum Gasteiger partial charge on any atom is -0.309 e. The summed E-state index contributed by atoms with van der Waals surface area (Å²) in [6, 6.07) is 10.2. The molecule has 3 aromatic heterocycles. The first-order valence-electron chi connectivity index (χ1n) is 9.40. The van der Waals surface area contributed by atoms with Crippen LogP contribution in [-0.2, 0) is 6.54 Å². The maximum Gasteiger partial charge on any atom is 0.228 e. The van der Waals surface area contributed by atoms with Crippen molar-refractivity contribution < 1.29 is 0 Å². The van der Waals surface area contributed by atoms with Gasteiger partial charge in [-0.1, -0.05) is 6.07 Å². The van der Waals surface area contributed by atoms with E-state index in [0.717, 1.165) is 43.1 Å². The van der Waals surface area contributed by atoms with Crippen molar-refractivity contribution in [1.29, 1.82) is 0 Å². The SMILES string of the molecule is Cc1ccc(Nc2nccc([C@H]3CCCN(Cc4ccncc4)C3)n2)nc1. The van der Waals surface area contributed by atoms with Crippen LogP contribution in [0, 0.1) is 6.92 Å². The molecular weight excluding hydrogens is 336 g/mol. The van der Waals surface area contributed by atoms with Crippen LogP contribution in [-0.4, -0.2) is 37.9 Å². The molecule has 1 fully saturated rings. The van der Waals surface area contributed by atoms with Crippen LogP contribution in [0.4, 0.5) is 11.8 Å². The van der Waals surface area contributed by atoms with Crippen LogP contribution >= 0.6 is 0 Å². The van der Waals surface area contributed by atoms with Crippen molar-refractivity contribution in [2.24, 2.45) is 0 Å². The zero-order valence-corrected chi connectivity index (χ0v) is 15.5. The van der Waals surface area contributed by atoms with Gasteiger partial charge in [-0.3, -0.25) is 9.88 Å². The summed E-state index contributed by atoms with van der Waals surface area (Å²) >= 11 is 0. The second-order valence-corrected chi connectivity index (χ2v) is 7.08. The molecule has 6 heteroatoms. The number of anilines is 2. The first kappa shape index (κ1) is 17.5. The van der Waals surface area contributed by atoms with E-state index in [1.807, 2.05) is 49.9 Å². The van der Waals surface area contributed by atoms with E-state index >= 15 is 0 Å². The molecule has 1 N–H and O–H groups in total. The van der Waals surface area contributed by atoms with E-state index in [2.05, 4.69) is 37.3 Å². The summed E-state index contributed by atoms with van der Waals surface area (Å²) in [7, 11) is 0. The van der Waals surface area contributed by atoms with Crippen LogP contribution in [0.15, 0.2) is 55.1 Å². The van der Waals surface area contributed by atoms with Gasteiger partial charge in [0.2, 0.25) is 5.95 Å². The number of likely N-dealkylation sites (tertiary alicyclic amines) is 1. The molecule has 0 unspecified atom stereocenters. The number of aromatic nitrogens is 4. The van der Waals surface area contributed by atoms with Gasteiger partial charge in [-0.15, -0.1) is 0 Å². The summed E-state index contributed by atoms with van der Waals surface area (Å²) in [5.41, 5.74) is 3.53. The topological polar surface area (TPSA) is 66.8 Å². The molecule has 4 heterocycles. The number of rotatable bonds is 5. The highest BCUT2D eigenvalue weighted by molar-refractivity contribution is 5.47. The minimum absolute atomic E-state index is 0.426. The summed E-state index contributed by atoms with van der Waals surface area (Å²) in [6.07, 6.45) is 9.73. The molecule has 1 atom stereocenters. The van der Waals surface area contributed by atoms with E-state index in [9.17, 15) is 0 Å². The highest BCUT2D eigenvalue weighted by atomic mass is 15.2. The first-order chi connectivity index (χ1) is 13.3. The number of pyridine rings is 2. The second kappa shape index (κ2) is 8.22. The van der Waals surface area contributed by atoms with Gasteiger partial charge in [0.15, 0.2) is 0 Å². The average Bonchev–Trinajstić information content (AvgIpc) is 2.71. The molecule has 0 radical (unpaired) electrons. The Hall–Kier alpha value is -2.86. The summed E-state index contributed by atoms with van der Waals surface area (Å²) < 4.78 is 0. The maximum absolute atomic E-state index is 4.76. The Labute approximate surface area is 159 Å². The molecule has 27 heavy (non-hydrogen) atoms. The quantitative estimate of drug-likeness (QED) is 0.748. The molecule has 6 nitrogen and oxygen atoms in total. The van der Waals surface area contributed by atoms with Crippen LogP contribution < -0.4 is 5.32 Å². The van der Waals surface area contributed by atoms with Gasteiger partial charge in [-0.05, 0) is 61.7 Å². The van der Waals surface area contributed by atoms with Gasteiger partial charge in [0.25, 0.3) is 0 Å². The van der Waals surface area contributed by atoms with Crippen LogP contribution in [0.25, 0.3) is 0 Å². The molecule has 1 saturated heterocycles. The predicted molar refractivity (Wildman–Crippen MR) is 106 cm³/mol. The van der Waals surface area contributed by atoms with Crippen molar-refractivity contribution in [2.75, 3.05) is 18.4 Å². The lowest BCUT2D eigenvalue weighted by Crippen LogP contribution is -2.34. The van der Waals surface area contributed by atoms with Gasteiger partial charge in [-0.25, -0.2) is 15.0 Å². The molecule has 0 saturated carbocycles. The fourth-order valence-corrected chi connectivity index (χ4v) is 3.50. The molecule has 0 spiro atoms. The Bertz CT molecular complexity index is 865. The fraction of sp³-hybridized carbons (Fsp3) is 0.333. The molecule has 138 valence electrons. The summed E-state index contributed by atoms with van der Waals surface area (Å²) in [4.78, 5) is 20.1. The number of nitrogens with zero attached hydrogens (tertiary/aromatic N) is 5. The van der Waals surface area contributed by atoms with Crippen molar-refractivity contribution in [1.82, 2.24) is 24.8 Å². The van der Waals surface area contributed by atoms with Gasteiger partial charge in [0, 0.05) is 43.8 Å². The molecule has 0 amide bonds. The molecule has 0 bridgehead atoms. The van der Waals surface area contributed by atoms with E-state index in [4.69, 9.17) is 4.98 Å². The molecule has 0 aromatic carbocycles. The van der Waals surface area contributed by atoms with E-state index in [1.54, 1.807) is 0 Å². The molecule has 1 aliphatic rings. The number of hydrogen-bond acceptors (Lipinski definition) is 6. The van der Waals surface area contributed by atoms with Crippen LogP contribution in [0.3, 0.4) is 0 Å². The minimum atomic E-state index is 0.426. The van der Waals surface area contributed by atoms with Crippen molar-refractivity contribution in [2.45, 2.75) is 32.2 Å². The normalized spacial score (nSPS) is 17.6. The van der Waals surface area contributed by atoms with Crippen LogP contribution in [0.2, 0.25) is 0 Å². The average molecular weight is 360 g/mol. The number of piperidine rings is 1. The fourth-order valence-electron chi connectivity index (χ4n) is 3.50. The molecule has 4 rings (SSSR count). The van der Waals surface area contributed by atoms with Gasteiger partial charge in [0.1, 0.15) is 5.82 Å². The van der Waals surface area contributed by atoms with Gasteiger partial charge >= 0.3 is 0 Å². The zero-order valence-electron chi connectivity index (χ0n) is 15.5. The third-order valence-corrected chi connectivity index (χ3v) is 4.91. The van der Waals surface area contributed by atoms with Crippen LogP contribution in [0.5, 0.6) is 0 Å². The molecule has 0 aliphatic carbocycles. The van der Waals surface area contributed by atoms with Crippen LogP contribution in [0.1, 0.15) is 35.6 Å². The molecular formula is C21H24N6. The van der Waals surface area contributed by atoms with Gasteiger partial charge in [0.05, 0.1) is 5.69 Å². The Balaban J connectivity index is 1.43. The lowest BCUT2D eigenvalue weighted by Gasteiger charge is -2.32. The van der Waals surface area contributed by atoms with E-state index in [0.29, 0.717) is 11.9 Å². The van der Waals surface area contributed by atoms with E-state index < -0.39 is 0 Å². The Kier molecular flexibility index (Phi) is 5.34. The monoisotopic (exact) mass is 360 g/mol. The third kappa shape index (κ3) is 4.65. The van der Waals surface area contributed by atoms with Crippen molar-refractivity contribution >= 4 is 11.8 Å². The Morgan fingerprint density at radius 3 is 2.78 bits per heavy atom. The standard InChI is InChI=1S/C21H24N6/c1-16-4-5-20(24-13-16)26-21-23-11-8-19(25-21)18-3-2-12-27(15-18)14-17-6-9-22-10-7-17/h4-11,13,18H,2-3,12,14-15H2,1H3,(H,23,24,25,26)/t18-/m0/s1. The number of hydrogen-bond donors (Lipinski definition) is 1. The molecule has 3 aromatic rings. The summed E-state index contributed by atoms with van der Waals surface area (Å²) in [6.45, 7) is 5.13. The highest BCUT2D eigenvalue weighted by Crippen LogP contribution is 2.27. The predicted octanol–water partition coefficient (Wildman–Crippen LogP) is 3.70. The third-order valence-electron chi connectivity index (χ3n) is 4.91. The zero-order chi connectivity index (χ0) is 18.5. The van der Waals surface area contributed by atoms with Crippen molar-refractivity contribution in [3.8, 4) is 0 Å². The molecule has 1 aliphatic heterocycles. The smallest absolute Gasteiger partial charge is 0.228 e. The second-order valence-electron chi connectivity index (χ2n) is 7.08. The Morgan fingerprint density at radius 2 is 1.96 bits per heavy atom. The summed E-state index contributed by atoms with van der Waals surface area (Å²) in [5, 5.41) is 3.21.